The molecule has 0 bridgehead atoms. The van der Waals surface area contributed by atoms with Crippen LogP contribution in [-0.4, -0.2) is 28.1 Å². The molecule has 1 aliphatic heterocycles. The van der Waals surface area contributed by atoms with Crippen LogP contribution in [0.15, 0.2) is 18.3 Å². The lowest BCUT2D eigenvalue weighted by Crippen LogP contribution is -2.42. The molecular weight excluding hydrogens is 252 g/mol. The molecule has 1 aliphatic rings. The molecule has 110 valence electrons. The summed E-state index contributed by atoms with van der Waals surface area (Å²) in [5, 5.41) is 0. The van der Waals surface area contributed by atoms with Crippen molar-refractivity contribution in [3.05, 3.63) is 29.6 Å². The highest BCUT2D eigenvalue weighted by Gasteiger charge is 2.32. The number of rotatable bonds is 1. The van der Waals surface area contributed by atoms with Gasteiger partial charge in [-0.05, 0) is 58.6 Å². The maximum absolute atomic E-state index is 12.4. The predicted molar refractivity (Wildman–Crippen MR) is 78.5 cm³/mol. The number of likely N-dealkylation sites (tertiary alicyclic amines) is 1. The lowest BCUT2D eigenvalue weighted by atomic mass is 9.95. The zero-order valence-electron chi connectivity index (χ0n) is 12.8. The first-order valence-corrected chi connectivity index (χ1v) is 7.29. The Hall–Kier alpha value is -1.58. The normalized spacial score (nSPS) is 19.8. The van der Waals surface area contributed by atoms with Crippen molar-refractivity contribution in [2.24, 2.45) is 0 Å². The number of aromatic nitrogens is 1. The first kappa shape index (κ1) is 14.8. The molecule has 4 heteroatoms. The summed E-state index contributed by atoms with van der Waals surface area (Å²) in [6, 6.07) is 4.09. The minimum absolute atomic E-state index is 0.0901. The van der Waals surface area contributed by atoms with Gasteiger partial charge in [0.15, 0.2) is 0 Å². The lowest BCUT2D eigenvalue weighted by Gasteiger charge is -2.37. The second-order valence-corrected chi connectivity index (χ2v) is 6.36. The van der Waals surface area contributed by atoms with Crippen molar-refractivity contribution in [1.29, 1.82) is 0 Å². The molecule has 0 aliphatic carbocycles. The average Bonchev–Trinajstić information content (AvgIpc) is 2.37. The van der Waals surface area contributed by atoms with Gasteiger partial charge in [-0.2, -0.15) is 0 Å². The molecule has 0 N–H and O–H groups in total. The van der Waals surface area contributed by atoms with Gasteiger partial charge in [-0.15, -0.1) is 0 Å². The standard InChI is InChI=1S/C16H24N2O2/c1-12-13(8-7-10-17-12)14-9-5-6-11-18(14)15(19)20-16(2,3)4/h7-8,10,14H,5-6,9,11H2,1-4H3. The highest BCUT2D eigenvalue weighted by atomic mass is 16.6. The zero-order valence-corrected chi connectivity index (χ0v) is 12.8. The fourth-order valence-corrected chi connectivity index (χ4v) is 2.64. The molecule has 1 aromatic heterocycles. The molecule has 1 fully saturated rings. The number of amides is 1. The van der Waals surface area contributed by atoms with Crippen LogP contribution in [0.5, 0.6) is 0 Å². The number of aryl methyl sites for hydroxylation is 1. The van der Waals surface area contributed by atoms with E-state index < -0.39 is 5.60 Å². The van der Waals surface area contributed by atoms with Gasteiger partial charge in [0.05, 0.1) is 6.04 Å². The third kappa shape index (κ3) is 3.50. The SMILES string of the molecule is Cc1ncccc1C1CCCCN1C(=O)OC(C)(C)C. The molecule has 2 rings (SSSR count). The Balaban J connectivity index is 2.22. The Labute approximate surface area is 121 Å². The van der Waals surface area contributed by atoms with Crippen molar-refractivity contribution in [2.45, 2.75) is 58.6 Å². The van der Waals surface area contributed by atoms with E-state index in [1.54, 1.807) is 6.20 Å². The second kappa shape index (κ2) is 5.81. The maximum atomic E-state index is 12.4. The zero-order chi connectivity index (χ0) is 14.8. The Bertz CT molecular complexity index is 480. The van der Waals surface area contributed by atoms with Gasteiger partial charge in [0.25, 0.3) is 0 Å². The number of carbonyl (C=O) groups excluding carboxylic acids is 1. The number of ether oxygens (including phenoxy) is 1. The second-order valence-electron chi connectivity index (χ2n) is 6.36. The maximum Gasteiger partial charge on any atom is 0.410 e. The summed E-state index contributed by atoms with van der Waals surface area (Å²) in [6.07, 6.45) is 4.73. The summed E-state index contributed by atoms with van der Waals surface area (Å²) in [4.78, 5) is 18.6. The number of hydrogen-bond acceptors (Lipinski definition) is 3. The molecule has 1 atom stereocenters. The molecule has 20 heavy (non-hydrogen) atoms. The Morgan fingerprint density at radius 3 is 2.80 bits per heavy atom. The quantitative estimate of drug-likeness (QED) is 0.782. The Kier molecular flexibility index (Phi) is 4.31. The summed E-state index contributed by atoms with van der Waals surface area (Å²) in [7, 11) is 0. The molecule has 0 radical (unpaired) electrons. The van der Waals surface area contributed by atoms with Crippen LogP contribution >= 0.6 is 0 Å². The van der Waals surface area contributed by atoms with Gasteiger partial charge in [-0.1, -0.05) is 6.07 Å². The molecule has 1 unspecified atom stereocenters. The smallest absolute Gasteiger partial charge is 0.410 e. The number of carbonyl (C=O) groups is 1. The summed E-state index contributed by atoms with van der Waals surface area (Å²) >= 11 is 0. The van der Waals surface area contributed by atoms with Crippen molar-refractivity contribution in [2.75, 3.05) is 6.54 Å². The third-order valence-electron chi connectivity index (χ3n) is 3.54. The van der Waals surface area contributed by atoms with Crippen LogP contribution in [0.2, 0.25) is 0 Å². The van der Waals surface area contributed by atoms with E-state index in [-0.39, 0.29) is 12.1 Å². The monoisotopic (exact) mass is 276 g/mol. The van der Waals surface area contributed by atoms with Gasteiger partial charge in [0.1, 0.15) is 5.60 Å². The van der Waals surface area contributed by atoms with E-state index in [4.69, 9.17) is 4.74 Å². The molecule has 4 nitrogen and oxygen atoms in total. The van der Waals surface area contributed by atoms with E-state index >= 15 is 0 Å². The molecule has 0 saturated carbocycles. The first-order valence-electron chi connectivity index (χ1n) is 7.29. The molecule has 0 aromatic carbocycles. The summed E-state index contributed by atoms with van der Waals surface area (Å²) in [5.74, 6) is 0. The van der Waals surface area contributed by atoms with Gasteiger partial charge in [-0.3, -0.25) is 4.98 Å². The van der Waals surface area contributed by atoms with Crippen LogP contribution in [0.4, 0.5) is 4.79 Å². The molecular formula is C16H24N2O2. The number of nitrogens with zero attached hydrogens (tertiary/aromatic N) is 2. The molecule has 1 aromatic rings. The fourth-order valence-electron chi connectivity index (χ4n) is 2.64. The molecule has 1 amide bonds. The predicted octanol–water partition coefficient (Wildman–Crippen LogP) is 3.85. The van der Waals surface area contributed by atoms with Crippen LogP contribution in [0, 0.1) is 6.92 Å². The lowest BCUT2D eigenvalue weighted by molar-refractivity contribution is 0.00942. The summed E-state index contributed by atoms with van der Waals surface area (Å²) in [5.41, 5.74) is 1.68. The van der Waals surface area contributed by atoms with Crippen LogP contribution in [0.25, 0.3) is 0 Å². The van der Waals surface area contributed by atoms with E-state index in [1.807, 2.05) is 38.7 Å². The van der Waals surface area contributed by atoms with Crippen LogP contribution in [0.3, 0.4) is 0 Å². The minimum atomic E-state index is -0.455. The van der Waals surface area contributed by atoms with Crippen LogP contribution < -0.4 is 0 Å². The van der Waals surface area contributed by atoms with E-state index in [0.717, 1.165) is 37.1 Å². The van der Waals surface area contributed by atoms with Crippen molar-refractivity contribution >= 4 is 6.09 Å². The third-order valence-corrected chi connectivity index (χ3v) is 3.54. The Morgan fingerprint density at radius 2 is 2.15 bits per heavy atom. The molecule has 1 saturated heterocycles. The fraction of sp³-hybridized carbons (Fsp3) is 0.625. The van der Waals surface area contributed by atoms with Gasteiger partial charge >= 0.3 is 6.09 Å². The van der Waals surface area contributed by atoms with E-state index in [0.29, 0.717) is 0 Å². The highest BCUT2D eigenvalue weighted by Crippen LogP contribution is 2.33. The topological polar surface area (TPSA) is 42.4 Å². The highest BCUT2D eigenvalue weighted by molar-refractivity contribution is 5.69. The summed E-state index contributed by atoms with van der Waals surface area (Å²) in [6.45, 7) is 8.46. The average molecular weight is 276 g/mol. The summed E-state index contributed by atoms with van der Waals surface area (Å²) < 4.78 is 5.54. The number of piperidine rings is 1. The van der Waals surface area contributed by atoms with Gasteiger partial charge in [0, 0.05) is 18.4 Å². The van der Waals surface area contributed by atoms with Crippen LogP contribution in [0.1, 0.15) is 57.3 Å². The van der Waals surface area contributed by atoms with Crippen molar-refractivity contribution < 1.29 is 9.53 Å². The van der Waals surface area contributed by atoms with Gasteiger partial charge in [0.2, 0.25) is 0 Å². The van der Waals surface area contributed by atoms with Crippen molar-refractivity contribution in [3.63, 3.8) is 0 Å². The minimum Gasteiger partial charge on any atom is -0.444 e. The van der Waals surface area contributed by atoms with Gasteiger partial charge < -0.3 is 9.64 Å². The largest absolute Gasteiger partial charge is 0.444 e. The number of pyridine rings is 1. The first-order chi connectivity index (χ1) is 9.38. The van der Waals surface area contributed by atoms with Crippen molar-refractivity contribution in [1.82, 2.24) is 9.88 Å². The molecule has 2 heterocycles. The molecule has 0 spiro atoms. The number of hydrogen-bond donors (Lipinski definition) is 0. The van der Waals surface area contributed by atoms with Crippen molar-refractivity contribution in [3.8, 4) is 0 Å². The Morgan fingerprint density at radius 1 is 1.40 bits per heavy atom. The van der Waals surface area contributed by atoms with E-state index in [9.17, 15) is 4.79 Å². The van der Waals surface area contributed by atoms with E-state index in [1.165, 1.54) is 0 Å². The van der Waals surface area contributed by atoms with Crippen LogP contribution in [-0.2, 0) is 4.74 Å². The van der Waals surface area contributed by atoms with E-state index in [2.05, 4.69) is 11.1 Å². The van der Waals surface area contributed by atoms with Gasteiger partial charge in [-0.25, -0.2) is 4.79 Å².